The number of rotatable bonds is 21. The molecule has 0 aliphatic carbocycles. The lowest BCUT2D eigenvalue weighted by atomic mass is 9.76. The van der Waals surface area contributed by atoms with Crippen LogP contribution < -0.4 is 4.90 Å². The first-order chi connectivity index (χ1) is 26.2. The summed E-state index contributed by atoms with van der Waals surface area (Å²) in [7, 11) is -10.2. The zero-order valence-electron chi connectivity index (χ0n) is 31.9. The highest BCUT2D eigenvalue weighted by Crippen LogP contribution is 2.51. The molecule has 0 aromatic heterocycles. The molecule has 2 aromatic rings. The third-order valence-corrected chi connectivity index (χ3v) is 12.9. The van der Waals surface area contributed by atoms with Crippen LogP contribution in [0.15, 0.2) is 82.3 Å². The number of anilines is 1. The molecule has 308 valence electrons. The van der Waals surface area contributed by atoms with Gasteiger partial charge in [-0.05, 0) is 87.9 Å². The van der Waals surface area contributed by atoms with Crippen molar-refractivity contribution in [3.05, 3.63) is 83.6 Å². The fourth-order valence-electron chi connectivity index (χ4n) is 7.57. The minimum atomic E-state index is -4.59. The van der Waals surface area contributed by atoms with E-state index >= 15 is 0 Å². The molecule has 2 atom stereocenters. The van der Waals surface area contributed by atoms with Crippen LogP contribution >= 0.6 is 0 Å². The lowest BCUT2D eigenvalue weighted by Gasteiger charge is -2.30. The summed E-state index contributed by atoms with van der Waals surface area (Å²) in [5.74, 6) is -1.42. The molecule has 2 aromatic carbocycles. The molecule has 0 bridgehead atoms. The Bertz CT molecular complexity index is 2250. The van der Waals surface area contributed by atoms with Crippen molar-refractivity contribution in [1.29, 1.82) is 0 Å². The van der Waals surface area contributed by atoms with Crippen molar-refractivity contribution in [1.82, 2.24) is 0 Å². The van der Waals surface area contributed by atoms with E-state index in [1.54, 1.807) is 38.5 Å². The molecule has 0 spiro atoms. The number of carbonyl (C=O) groups is 1. The minimum absolute atomic E-state index is 0.0125. The SMILES string of the molecule is COCC[N+]1=C(/C=C/C=C/C=C2/N(CCCCCC(=O)O)c3ccc(S(=O)(=O)O)cc3C2(C)CCCS(=O)(=O)O)C(C)(CCOC)c2cc(S(=O)(=O)O)ccc21. The summed E-state index contributed by atoms with van der Waals surface area (Å²) in [5, 5.41) is 9.10. The van der Waals surface area contributed by atoms with Gasteiger partial charge < -0.3 is 19.5 Å². The van der Waals surface area contributed by atoms with E-state index in [4.69, 9.17) is 14.6 Å². The number of nitrogens with zero attached hydrogens (tertiary/aromatic N) is 2. The molecule has 4 N–H and O–H groups in total. The first-order valence-electron chi connectivity index (χ1n) is 18.0. The topological polar surface area (TPSA) is 225 Å². The normalized spacial score (nSPS) is 20.8. The molecule has 0 amide bonds. The Hall–Kier alpha value is -3.75. The van der Waals surface area contributed by atoms with Gasteiger partial charge >= 0.3 is 5.97 Å². The summed E-state index contributed by atoms with van der Waals surface area (Å²) in [6.45, 7) is 5.39. The van der Waals surface area contributed by atoms with Gasteiger partial charge in [0.2, 0.25) is 5.69 Å². The number of hydrogen-bond acceptors (Lipinski definition) is 10. The van der Waals surface area contributed by atoms with E-state index in [1.807, 2.05) is 41.6 Å². The van der Waals surface area contributed by atoms with E-state index in [1.165, 1.54) is 24.3 Å². The second-order valence-corrected chi connectivity index (χ2v) is 18.7. The van der Waals surface area contributed by atoms with Crippen molar-refractivity contribution in [3.8, 4) is 0 Å². The number of unbranched alkanes of at least 4 members (excludes halogenated alkanes) is 2. The van der Waals surface area contributed by atoms with E-state index in [9.17, 15) is 43.7 Å². The van der Waals surface area contributed by atoms with Crippen molar-refractivity contribution >= 4 is 53.4 Å². The van der Waals surface area contributed by atoms with Gasteiger partial charge in [0.1, 0.15) is 6.61 Å². The third-order valence-electron chi connectivity index (χ3n) is 10.4. The van der Waals surface area contributed by atoms with Gasteiger partial charge in [0.05, 0.1) is 21.0 Å². The molecule has 4 rings (SSSR count). The molecular formula is C38H51N2O13S3+. The van der Waals surface area contributed by atoms with Crippen molar-refractivity contribution in [2.45, 2.75) is 79.4 Å². The summed E-state index contributed by atoms with van der Waals surface area (Å²) in [4.78, 5) is 12.5. The summed E-state index contributed by atoms with van der Waals surface area (Å²) < 4.78 is 114. The largest absolute Gasteiger partial charge is 0.481 e. The summed E-state index contributed by atoms with van der Waals surface area (Å²) in [5.41, 5.74) is 2.45. The first kappa shape index (κ1) is 45.0. The number of ether oxygens (including phenoxy) is 2. The van der Waals surface area contributed by atoms with Crippen LogP contribution in [0, 0.1) is 0 Å². The van der Waals surface area contributed by atoms with Crippen molar-refractivity contribution in [3.63, 3.8) is 0 Å². The smallest absolute Gasteiger partial charge is 0.303 e. The number of carboxylic acid groups (broad SMARTS) is 1. The van der Waals surface area contributed by atoms with E-state index in [-0.39, 0.29) is 29.1 Å². The fraction of sp³-hybridized carbons (Fsp3) is 0.474. The Kier molecular flexibility index (Phi) is 14.6. The average Bonchev–Trinajstić information content (AvgIpc) is 3.47. The zero-order valence-corrected chi connectivity index (χ0v) is 34.4. The highest BCUT2D eigenvalue weighted by molar-refractivity contribution is 7.86. The van der Waals surface area contributed by atoms with Gasteiger partial charge in [-0.3, -0.25) is 18.5 Å². The highest BCUT2D eigenvalue weighted by Gasteiger charge is 2.48. The van der Waals surface area contributed by atoms with Crippen molar-refractivity contribution in [2.75, 3.05) is 51.2 Å². The second kappa shape index (κ2) is 18.2. The molecule has 0 radical (unpaired) electrons. The van der Waals surface area contributed by atoms with Gasteiger partial charge in [-0.25, -0.2) is 0 Å². The van der Waals surface area contributed by atoms with Crippen LogP contribution in [0.25, 0.3) is 0 Å². The Balaban J connectivity index is 1.80. The maximum Gasteiger partial charge on any atom is 0.303 e. The van der Waals surface area contributed by atoms with Gasteiger partial charge in [0, 0.05) is 68.3 Å². The lowest BCUT2D eigenvalue weighted by molar-refractivity contribution is -0.441. The van der Waals surface area contributed by atoms with E-state index in [0.29, 0.717) is 74.5 Å². The Labute approximate surface area is 329 Å². The number of hydrogen-bond donors (Lipinski definition) is 4. The molecule has 0 saturated heterocycles. The molecule has 0 saturated carbocycles. The Morgan fingerprint density at radius 2 is 1.43 bits per heavy atom. The molecular weight excluding hydrogens is 789 g/mol. The monoisotopic (exact) mass is 839 g/mol. The number of benzene rings is 2. The number of fused-ring (bicyclic) bond motifs is 2. The number of allylic oxidation sites excluding steroid dienone is 6. The van der Waals surface area contributed by atoms with E-state index < -0.39 is 52.9 Å². The van der Waals surface area contributed by atoms with Gasteiger partial charge in [0.15, 0.2) is 12.3 Å². The third kappa shape index (κ3) is 10.6. The first-order valence-corrected chi connectivity index (χ1v) is 22.5. The fourth-order valence-corrected chi connectivity index (χ4v) is 9.09. The summed E-state index contributed by atoms with van der Waals surface area (Å²) in [6.07, 6.45) is 11.5. The molecule has 2 unspecified atom stereocenters. The number of carboxylic acids is 1. The highest BCUT2D eigenvalue weighted by atomic mass is 32.2. The quantitative estimate of drug-likeness (QED) is 0.0542. The maximum atomic E-state index is 12.2. The van der Waals surface area contributed by atoms with Gasteiger partial charge in [0.25, 0.3) is 30.4 Å². The molecule has 15 nitrogen and oxygen atoms in total. The number of aliphatic carboxylic acids is 1. The molecule has 0 fully saturated rings. The molecule has 2 aliphatic heterocycles. The predicted molar refractivity (Wildman–Crippen MR) is 211 cm³/mol. The maximum absolute atomic E-state index is 12.2. The second-order valence-electron chi connectivity index (χ2n) is 14.3. The van der Waals surface area contributed by atoms with Crippen LogP contribution in [0.3, 0.4) is 0 Å². The van der Waals surface area contributed by atoms with Crippen LogP contribution in [0.5, 0.6) is 0 Å². The molecule has 18 heteroatoms. The molecule has 56 heavy (non-hydrogen) atoms. The summed E-state index contributed by atoms with van der Waals surface area (Å²) >= 11 is 0. The van der Waals surface area contributed by atoms with E-state index in [0.717, 1.165) is 11.4 Å². The van der Waals surface area contributed by atoms with Gasteiger partial charge in [-0.1, -0.05) is 24.6 Å². The Morgan fingerprint density at radius 1 is 0.786 bits per heavy atom. The van der Waals surface area contributed by atoms with Gasteiger partial charge in [-0.2, -0.15) is 29.8 Å². The van der Waals surface area contributed by atoms with Crippen LogP contribution in [-0.4, -0.2) is 107 Å². The average molecular weight is 840 g/mol. The van der Waals surface area contributed by atoms with Crippen LogP contribution in [-0.2, 0) is 55.5 Å². The molecule has 2 heterocycles. The lowest BCUT2D eigenvalue weighted by Crippen LogP contribution is -2.33. The number of methoxy groups -OCH3 is 2. The minimum Gasteiger partial charge on any atom is -0.481 e. The predicted octanol–water partition coefficient (Wildman–Crippen LogP) is 5.31. The summed E-state index contributed by atoms with van der Waals surface area (Å²) in [6, 6.07) is 8.73. The standard InChI is InChI=1S/C38H50N2O13S3/c1-37(19-11-25-54(43,44)45)30-26-28(55(46,47)48)15-17-32(30)39(21-10-6-9-14-36(41)42)34(37)12-7-5-8-13-35-38(2,20-23-52-3)31-27-29(56(49,50)51)16-18-33(31)40(35)22-24-53-4/h5,7-8,12-13,15-18,26-27H,6,9-11,14,19-25H2,1-4H3,(H3-,41,42,43,44,45,46,47,48,49,50,51)/p+1. The molecule has 2 aliphatic rings. The van der Waals surface area contributed by atoms with Crippen molar-refractivity contribution < 1.29 is 62.9 Å². The van der Waals surface area contributed by atoms with Crippen LogP contribution in [0.4, 0.5) is 11.4 Å². The van der Waals surface area contributed by atoms with Gasteiger partial charge in [-0.15, -0.1) is 0 Å². The van der Waals surface area contributed by atoms with Crippen LogP contribution in [0.1, 0.15) is 69.9 Å². The van der Waals surface area contributed by atoms with E-state index in [2.05, 4.69) is 0 Å². The van der Waals surface area contributed by atoms with Crippen LogP contribution in [0.2, 0.25) is 0 Å². The Morgan fingerprint density at radius 3 is 2.04 bits per heavy atom. The van der Waals surface area contributed by atoms with Crippen molar-refractivity contribution in [2.24, 2.45) is 0 Å². The zero-order chi connectivity index (χ0) is 41.5.